The van der Waals surface area contributed by atoms with E-state index in [2.05, 4.69) is 4.98 Å². The van der Waals surface area contributed by atoms with Crippen molar-refractivity contribution in [3.05, 3.63) is 30.1 Å². The van der Waals surface area contributed by atoms with Gasteiger partial charge in [0.15, 0.2) is 0 Å². The average Bonchev–Trinajstić information content (AvgIpc) is 2.62. The summed E-state index contributed by atoms with van der Waals surface area (Å²) in [4.78, 5) is 17.7. The van der Waals surface area contributed by atoms with Crippen molar-refractivity contribution in [3.8, 4) is 0 Å². The first-order chi connectivity index (χ1) is 8.75. The minimum atomic E-state index is -0.574. The predicted octanol–water partition coefficient (Wildman–Crippen LogP) is 0.234. The van der Waals surface area contributed by atoms with Gasteiger partial charge in [0.25, 0.3) is 0 Å². The van der Waals surface area contributed by atoms with Crippen LogP contribution in [0.2, 0.25) is 0 Å². The van der Waals surface area contributed by atoms with Crippen LogP contribution in [-0.2, 0) is 16.0 Å². The molecule has 1 aromatic heterocycles. The van der Waals surface area contributed by atoms with Gasteiger partial charge in [-0.1, -0.05) is 6.07 Å². The van der Waals surface area contributed by atoms with E-state index in [1.165, 1.54) is 0 Å². The monoisotopic (exact) mass is 250 g/mol. The van der Waals surface area contributed by atoms with E-state index < -0.39 is 6.10 Å². The predicted molar refractivity (Wildman–Crippen MR) is 66.0 cm³/mol. The molecule has 0 radical (unpaired) electrons. The minimum absolute atomic E-state index is 0.0587. The van der Waals surface area contributed by atoms with Crippen molar-refractivity contribution in [2.45, 2.75) is 18.9 Å². The molecule has 1 fully saturated rings. The zero-order valence-corrected chi connectivity index (χ0v) is 10.3. The first-order valence-electron chi connectivity index (χ1n) is 6.18. The molecule has 0 aliphatic carbocycles. The second-order valence-corrected chi connectivity index (χ2v) is 4.43. The highest BCUT2D eigenvalue weighted by molar-refractivity contribution is 5.76. The lowest BCUT2D eigenvalue weighted by molar-refractivity contribution is -0.132. The maximum absolute atomic E-state index is 12.0. The van der Waals surface area contributed by atoms with Gasteiger partial charge in [0.05, 0.1) is 19.3 Å². The molecule has 1 atom stereocenters. The van der Waals surface area contributed by atoms with Gasteiger partial charge in [0, 0.05) is 31.9 Å². The molecule has 5 nitrogen and oxygen atoms in total. The van der Waals surface area contributed by atoms with Crippen molar-refractivity contribution < 1.29 is 14.6 Å². The highest BCUT2D eigenvalue weighted by atomic mass is 16.5. The summed E-state index contributed by atoms with van der Waals surface area (Å²) >= 11 is 0. The highest BCUT2D eigenvalue weighted by Gasteiger charge is 2.20. The third kappa shape index (κ3) is 3.78. The van der Waals surface area contributed by atoms with Gasteiger partial charge in [-0.05, 0) is 18.1 Å². The Morgan fingerprint density at radius 3 is 3.28 bits per heavy atom. The second-order valence-electron chi connectivity index (χ2n) is 4.43. The van der Waals surface area contributed by atoms with E-state index in [1.807, 2.05) is 12.1 Å². The van der Waals surface area contributed by atoms with Crippen molar-refractivity contribution in [2.24, 2.45) is 0 Å². The number of amides is 1. The quantitative estimate of drug-likeness (QED) is 0.834. The van der Waals surface area contributed by atoms with Crippen LogP contribution in [0, 0.1) is 0 Å². The van der Waals surface area contributed by atoms with Gasteiger partial charge >= 0.3 is 0 Å². The molecule has 0 bridgehead atoms. The molecule has 98 valence electrons. The average molecular weight is 250 g/mol. The van der Waals surface area contributed by atoms with Gasteiger partial charge < -0.3 is 14.7 Å². The first kappa shape index (κ1) is 13.0. The SMILES string of the molecule is O=C(CCc1cccnc1)N1CCOCC(O)C1. The number of carbonyl (C=O) groups excluding carboxylic acids is 1. The molecule has 2 rings (SSSR count). The van der Waals surface area contributed by atoms with Crippen LogP contribution in [0.15, 0.2) is 24.5 Å². The van der Waals surface area contributed by atoms with Crippen molar-refractivity contribution in [1.82, 2.24) is 9.88 Å². The lowest BCUT2D eigenvalue weighted by Gasteiger charge is -2.21. The van der Waals surface area contributed by atoms with Crippen LogP contribution in [0.1, 0.15) is 12.0 Å². The maximum atomic E-state index is 12.0. The van der Waals surface area contributed by atoms with Gasteiger partial charge in [0.1, 0.15) is 0 Å². The van der Waals surface area contributed by atoms with Crippen molar-refractivity contribution in [1.29, 1.82) is 0 Å². The number of hydrogen-bond acceptors (Lipinski definition) is 4. The van der Waals surface area contributed by atoms with Crippen LogP contribution in [0.4, 0.5) is 0 Å². The highest BCUT2D eigenvalue weighted by Crippen LogP contribution is 2.06. The van der Waals surface area contributed by atoms with E-state index >= 15 is 0 Å². The molecular weight excluding hydrogens is 232 g/mol. The maximum Gasteiger partial charge on any atom is 0.223 e. The summed E-state index contributed by atoms with van der Waals surface area (Å²) in [6.07, 6.45) is 4.04. The fraction of sp³-hybridized carbons (Fsp3) is 0.538. The number of nitrogens with zero attached hydrogens (tertiary/aromatic N) is 2. The molecule has 0 aromatic carbocycles. The third-order valence-corrected chi connectivity index (χ3v) is 2.95. The van der Waals surface area contributed by atoms with E-state index in [1.54, 1.807) is 17.3 Å². The smallest absolute Gasteiger partial charge is 0.223 e. The Morgan fingerprint density at radius 1 is 1.61 bits per heavy atom. The van der Waals surface area contributed by atoms with Gasteiger partial charge in [-0.25, -0.2) is 0 Å². The molecule has 2 heterocycles. The topological polar surface area (TPSA) is 62.7 Å². The van der Waals surface area contributed by atoms with Crippen LogP contribution in [0.3, 0.4) is 0 Å². The van der Waals surface area contributed by atoms with Crippen molar-refractivity contribution in [3.63, 3.8) is 0 Å². The zero-order valence-electron chi connectivity index (χ0n) is 10.3. The number of aromatic nitrogens is 1. The van der Waals surface area contributed by atoms with Crippen molar-refractivity contribution in [2.75, 3.05) is 26.3 Å². The van der Waals surface area contributed by atoms with Crippen LogP contribution < -0.4 is 0 Å². The lowest BCUT2D eigenvalue weighted by atomic mass is 10.1. The third-order valence-electron chi connectivity index (χ3n) is 2.95. The van der Waals surface area contributed by atoms with Crippen LogP contribution in [0.25, 0.3) is 0 Å². The molecule has 5 heteroatoms. The Kier molecular flexibility index (Phi) is 4.66. The molecule has 0 spiro atoms. The van der Waals surface area contributed by atoms with Gasteiger partial charge in [0.2, 0.25) is 5.91 Å². The van der Waals surface area contributed by atoms with E-state index in [0.29, 0.717) is 39.1 Å². The Balaban J connectivity index is 1.83. The number of aliphatic hydroxyl groups excluding tert-OH is 1. The molecule has 1 N–H and O–H groups in total. The molecule has 18 heavy (non-hydrogen) atoms. The number of hydrogen-bond donors (Lipinski definition) is 1. The zero-order chi connectivity index (χ0) is 12.8. The summed E-state index contributed by atoms with van der Waals surface area (Å²) in [5, 5.41) is 9.56. The second kappa shape index (κ2) is 6.47. The lowest BCUT2D eigenvalue weighted by Crippen LogP contribution is -2.37. The summed E-state index contributed by atoms with van der Waals surface area (Å²) < 4.78 is 5.20. The van der Waals surface area contributed by atoms with Crippen LogP contribution in [-0.4, -0.2) is 53.3 Å². The molecule has 1 saturated heterocycles. The van der Waals surface area contributed by atoms with Crippen molar-refractivity contribution >= 4 is 5.91 Å². The minimum Gasteiger partial charge on any atom is -0.389 e. The normalized spacial score (nSPS) is 20.5. The number of pyridine rings is 1. The molecule has 0 saturated carbocycles. The molecular formula is C13H18N2O3. The van der Waals surface area contributed by atoms with E-state index in [0.717, 1.165) is 5.56 Å². The largest absolute Gasteiger partial charge is 0.389 e. The van der Waals surface area contributed by atoms with Crippen LogP contribution in [0.5, 0.6) is 0 Å². The summed E-state index contributed by atoms with van der Waals surface area (Å²) in [7, 11) is 0. The number of aryl methyl sites for hydroxylation is 1. The Bertz CT molecular complexity index is 383. The fourth-order valence-corrected chi connectivity index (χ4v) is 1.97. The Morgan fingerprint density at radius 2 is 2.50 bits per heavy atom. The van der Waals surface area contributed by atoms with E-state index in [4.69, 9.17) is 4.74 Å². The number of β-amino-alcohol motifs (C(OH)–C–C–N with tert-alkyl or cyclic N) is 1. The Hall–Kier alpha value is -1.46. The summed E-state index contributed by atoms with van der Waals surface area (Å²) in [6.45, 7) is 1.73. The van der Waals surface area contributed by atoms with Gasteiger partial charge in [-0.3, -0.25) is 9.78 Å². The Labute approximate surface area is 106 Å². The summed E-state index contributed by atoms with van der Waals surface area (Å²) in [5.74, 6) is 0.0587. The fourth-order valence-electron chi connectivity index (χ4n) is 1.97. The standard InChI is InChI=1S/C13H18N2O3/c16-12-9-15(6-7-18-10-12)13(17)4-3-11-2-1-5-14-8-11/h1-2,5,8,12,16H,3-4,6-7,9-10H2. The summed E-state index contributed by atoms with van der Waals surface area (Å²) in [5.41, 5.74) is 1.05. The van der Waals surface area contributed by atoms with Gasteiger partial charge in [-0.2, -0.15) is 0 Å². The van der Waals surface area contributed by atoms with E-state index in [9.17, 15) is 9.90 Å². The first-order valence-corrected chi connectivity index (χ1v) is 6.18. The molecule has 1 aliphatic heterocycles. The van der Waals surface area contributed by atoms with Gasteiger partial charge in [-0.15, -0.1) is 0 Å². The molecule has 1 aliphatic rings. The number of ether oxygens (including phenoxy) is 1. The number of aliphatic hydroxyl groups is 1. The molecule has 1 aromatic rings. The molecule has 1 amide bonds. The number of rotatable bonds is 3. The number of carbonyl (C=O) groups is 1. The summed E-state index contributed by atoms with van der Waals surface area (Å²) in [6, 6.07) is 3.82. The molecule has 1 unspecified atom stereocenters. The van der Waals surface area contributed by atoms with E-state index in [-0.39, 0.29) is 5.91 Å². The van der Waals surface area contributed by atoms with Crippen LogP contribution >= 0.6 is 0 Å².